The van der Waals surface area contributed by atoms with Gasteiger partial charge >= 0.3 is 6.18 Å². The first kappa shape index (κ1) is 16.6. The summed E-state index contributed by atoms with van der Waals surface area (Å²) in [5.74, 6) is 0.377. The molecule has 1 aromatic rings. The van der Waals surface area contributed by atoms with E-state index in [0.29, 0.717) is 17.6 Å². The Morgan fingerprint density at radius 2 is 1.95 bits per heavy atom. The molecule has 1 aliphatic rings. The molecule has 0 bridgehead atoms. The molecule has 0 aromatic heterocycles. The van der Waals surface area contributed by atoms with E-state index in [-0.39, 0.29) is 10.5 Å². The van der Waals surface area contributed by atoms with E-state index in [0.717, 1.165) is 13.0 Å². The summed E-state index contributed by atoms with van der Waals surface area (Å²) in [5, 5.41) is 3.29. The number of piperidine rings is 1. The van der Waals surface area contributed by atoms with Crippen molar-refractivity contribution in [3.05, 3.63) is 28.2 Å². The Kier molecular flexibility index (Phi) is 4.88. The van der Waals surface area contributed by atoms with Gasteiger partial charge in [-0.2, -0.15) is 13.2 Å². The van der Waals surface area contributed by atoms with Gasteiger partial charge in [0.1, 0.15) is 0 Å². The molecule has 2 nitrogen and oxygen atoms in total. The summed E-state index contributed by atoms with van der Waals surface area (Å²) in [6.07, 6.45) is -3.41. The van der Waals surface area contributed by atoms with E-state index in [4.69, 9.17) is 0 Å². The van der Waals surface area contributed by atoms with Gasteiger partial charge in [0, 0.05) is 28.8 Å². The Bertz CT molecular complexity index is 504. The second-order valence-corrected chi connectivity index (χ2v) is 6.49. The molecule has 1 saturated heterocycles. The Balaban J connectivity index is 2.31. The van der Waals surface area contributed by atoms with Gasteiger partial charge in [0.05, 0.1) is 5.56 Å². The van der Waals surface area contributed by atoms with Gasteiger partial charge in [-0.3, -0.25) is 0 Å². The van der Waals surface area contributed by atoms with E-state index in [9.17, 15) is 13.2 Å². The summed E-state index contributed by atoms with van der Waals surface area (Å²) in [4.78, 5) is 2.07. The van der Waals surface area contributed by atoms with Crippen LogP contribution in [0.25, 0.3) is 0 Å². The van der Waals surface area contributed by atoms with Crippen LogP contribution in [-0.2, 0) is 6.18 Å². The average molecular weight is 365 g/mol. The van der Waals surface area contributed by atoms with Gasteiger partial charge in [-0.15, -0.1) is 0 Å². The lowest BCUT2D eigenvalue weighted by Gasteiger charge is -2.44. The van der Waals surface area contributed by atoms with Crippen molar-refractivity contribution >= 4 is 21.6 Å². The van der Waals surface area contributed by atoms with Gasteiger partial charge in [-0.05, 0) is 44.5 Å². The van der Waals surface area contributed by atoms with Gasteiger partial charge in [0.15, 0.2) is 0 Å². The fraction of sp³-hybridized carbons (Fsp3) is 0.600. The minimum atomic E-state index is -4.34. The summed E-state index contributed by atoms with van der Waals surface area (Å²) in [6, 6.07) is 5.09. The van der Waals surface area contributed by atoms with Gasteiger partial charge < -0.3 is 10.2 Å². The Morgan fingerprint density at radius 3 is 2.52 bits per heavy atom. The minimum absolute atomic E-state index is 0.0876. The normalized spacial score (nSPS) is 27.0. The van der Waals surface area contributed by atoms with Gasteiger partial charge in [0.2, 0.25) is 0 Å². The summed E-state index contributed by atoms with van der Waals surface area (Å²) >= 11 is 2.99. The summed E-state index contributed by atoms with van der Waals surface area (Å²) in [7, 11) is 1.94. The predicted octanol–water partition coefficient (Wildman–Crippen LogP) is 4.29. The predicted molar refractivity (Wildman–Crippen MR) is 82.6 cm³/mol. The van der Waals surface area contributed by atoms with Gasteiger partial charge in [0.25, 0.3) is 0 Å². The molecule has 0 saturated carbocycles. The quantitative estimate of drug-likeness (QED) is 0.841. The molecule has 118 valence electrons. The summed E-state index contributed by atoms with van der Waals surface area (Å²) in [5.41, 5.74) is 0.0232. The number of hydrogen-bond donors (Lipinski definition) is 1. The number of alkyl halides is 3. The minimum Gasteiger partial charge on any atom is -0.368 e. The van der Waals surface area contributed by atoms with Crippen molar-refractivity contribution in [1.82, 2.24) is 5.32 Å². The van der Waals surface area contributed by atoms with Crippen molar-refractivity contribution in [2.24, 2.45) is 5.92 Å². The van der Waals surface area contributed by atoms with Crippen LogP contribution in [0.3, 0.4) is 0 Å². The van der Waals surface area contributed by atoms with Crippen molar-refractivity contribution in [3.8, 4) is 0 Å². The summed E-state index contributed by atoms with van der Waals surface area (Å²) in [6.45, 7) is 4.97. The Labute approximate surface area is 131 Å². The zero-order valence-corrected chi connectivity index (χ0v) is 13.9. The van der Waals surface area contributed by atoms with Crippen LogP contribution in [0, 0.1) is 5.92 Å². The van der Waals surface area contributed by atoms with Crippen LogP contribution in [-0.4, -0.2) is 25.7 Å². The average Bonchev–Trinajstić information content (AvgIpc) is 2.41. The first-order chi connectivity index (χ1) is 9.75. The number of halogens is 4. The number of rotatable bonds is 2. The largest absolute Gasteiger partial charge is 0.417 e. The highest BCUT2D eigenvalue weighted by atomic mass is 79.9. The maximum absolute atomic E-state index is 13.0. The van der Waals surface area contributed by atoms with Crippen LogP contribution in [0.5, 0.6) is 0 Å². The lowest BCUT2D eigenvalue weighted by atomic mass is 9.86. The molecule has 0 radical (unpaired) electrons. The molecular weight excluding hydrogens is 345 g/mol. The molecule has 3 unspecified atom stereocenters. The topological polar surface area (TPSA) is 15.3 Å². The zero-order valence-electron chi connectivity index (χ0n) is 12.3. The second-order valence-electron chi connectivity index (χ2n) is 5.64. The van der Waals surface area contributed by atoms with Crippen LogP contribution in [0.4, 0.5) is 18.9 Å². The molecule has 21 heavy (non-hydrogen) atoms. The second kappa shape index (κ2) is 6.16. The van der Waals surface area contributed by atoms with Gasteiger partial charge in [-0.1, -0.05) is 22.9 Å². The lowest BCUT2D eigenvalue weighted by Crippen LogP contribution is -2.52. The van der Waals surface area contributed by atoms with Crippen molar-refractivity contribution in [3.63, 3.8) is 0 Å². The van der Waals surface area contributed by atoms with Crippen LogP contribution in [0.15, 0.2) is 22.7 Å². The maximum Gasteiger partial charge on any atom is 0.417 e. The van der Waals surface area contributed by atoms with E-state index in [1.807, 2.05) is 7.05 Å². The summed E-state index contributed by atoms with van der Waals surface area (Å²) < 4.78 is 39.2. The zero-order chi connectivity index (χ0) is 15.8. The molecule has 3 atom stereocenters. The molecule has 0 spiro atoms. The number of hydrogen-bond acceptors (Lipinski definition) is 2. The van der Waals surface area contributed by atoms with Crippen LogP contribution < -0.4 is 10.2 Å². The van der Waals surface area contributed by atoms with Crippen molar-refractivity contribution in [1.29, 1.82) is 0 Å². The third-order valence-electron chi connectivity index (χ3n) is 4.53. The van der Waals surface area contributed by atoms with Crippen molar-refractivity contribution < 1.29 is 13.2 Å². The number of nitrogens with zero attached hydrogens (tertiary/aromatic N) is 1. The fourth-order valence-electron chi connectivity index (χ4n) is 3.05. The number of anilines is 1. The molecule has 0 amide bonds. The van der Waals surface area contributed by atoms with Gasteiger partial charge in [-0.25, -0.2) is 0 Å². The smallest absolute Gasteiger partial charge is 0.368 e. The standard InChI is InChI=1S/C15H20BrF3N2/c1-9-10(2)21(7-6-14(9)20-3)11-4-5-13(16)12(8-11)15(17,18)19/h4-5,8-10,14,20H,6-7H2,1-3H3. The highest BCUT2D eigenvalue weighted by Crippen LogP contribution is 2.38. The van der Waals surface area contributed by atoms with Crippen LogP contribution in [0.2, 0.25) is 0 Å². The molecule has 6 heteroatoms. The third-order valence-corrected chi connectivity index (χ3v) is 5.22. The SMILES string of the molecule is CNC1CCN(c2ccc(Br)c(C(F)(F)F)c2)C(C)C1C. The van der Waals surface area contributed by atoms with E-state index >= 15 is 0 Å². The van der Waals surface area contributed by atoms with Crippen molar-refractivity contribution in [2.45, 2.75) is 38.5 Å². The maximum atomic E-state index is 13.0. The van der Waals surface area contributed by atoms with Crippen molar-refractivity contribution in [2.75, 3.05) is 18.5 Å². The first-order valence-electron chi connectivity index (χ1n) is 7.06. The molecule has 1 N–H and O–H groups in total. The lowest BCUT2D eigenvalue weighted by molar-refractivity contribution is -0.138. The molecular formula is C15H20BrF3N2. The van der Waals surface area contributed by atoms with E-state index in [1.54, 1.807) is 6.07 Å². The van der Waals surface area contributed by atoms with Crippen LogP contribution >= 0.6 is 15.9 Å². The monoisotopic (exact) mass is 364 g/mol. The third kappa shape index (κ3) is 3.37. The Morgan fingerprint density at radius 1 is 1.29 bits per heavy atom. The van der Waals surface area contributed by atoms with E-state index in [1.165, 1.54) is 12.1 Å². The molecule has 0 aliphatic carbocycles. The molecule has 1 fully saturated rings. The first-order valence-corrected chi connectivity index (χ1v) is 7.85. The van der Waals surface area contributed by atoms with E-state index in [2.05, 4.69) is 40.0 Å². The molecule has 1 aliphatic heterocycles. The number of benzene rings is 1. The molecule has 2 rings (SSSR count). The molecule has 1 aromatic carbocycles. The molecule has 1 heterocycles. The van der Waals surface area contributed by atoms with E-state index < -0.39 is 11.7 Å². The fourth-order valence-corrected chi connectivity index (χ4v) is 3.52. The van der Waals surface area contributed by atoms with Crippen LogP contribution in [0.1, 0.15) is 25.8 Å². The highest BCUT2D eigenvalue weighted by Gasteiger charge is 2.35. The highest BCUT2D eigenvalue weighted by molar-refractivity contribution is 9.10. The Hall–Kier alpha value is -0.750. The number of nitrogens with one attached hydrogen (secondary N) is 1.